The van der Waals surface area contributed by atoms with Crippen molar-refractivity contribution in [2.24, 2.45) is 0 Å². The number of rotatable bonds is 2. The standard InChI is InChI=1S/C13H13Cl2N/c1-3-4-9-6-10-7-11(14)5-8(2)12(10)16-13(9)15/h5-7H,3-4H2,1-2H3. The Morgan fingerprint density at radius 2 is 1.94 bits per heavy atom. The van der Waals surface area contributed by atoms with Gasteiger partial charge in [0, 0.05) is 10.4 Å². The molecule has 0 aliphatic carbocycles. The number of aromatic nitrogens is 1. The molecule has 0 saturated heterocycles. The molecule has 84 valence electrons. The van der Waals surface area contributed by atoms with Gasteiger partial charge in [0.15, 0.2) is 0 Å². The summed E-state index contributed by atoms with van der Waals surface area (Å²) in [7, 11) is 0. The van der Waals surface area contributed by atoms with Crippen molar-refractivity contribution in [2.45, 2.75) is 26.7 Å². The van der Waals surface area contributed by atoms with Gasteiger partial charge in [0.1, 0.15) is 5.15 Å². The van der Waals surface area contributed by atoms with E-state index in [1.165, 1.54) is 0 Å². The average Bonchev–Trinajstić information content (AvgIpc) is 2.21. The number of benzene rings is 1. The first kappa shape index (κ1) is 11.7. The summed E-state index contributed by atoms with van der Waals surface area (Å²) in [5, 5.41) is 2.43. The van der Waals surface area contributed by atoms with E-state index in [-0.39, 0.29) is 0 Å². The van der Waals surface area contributed by atoms with E-state index in [4.69, 9.17) is 23.2 Å². The van der Waals surface area contributed by atoms with Crippen molar-refractivity contribution >= 4 is 34.1 Å². The van der Waals surface area contributed by atoms with Gasteiger partial charge >= 0.3 is 0 Å². The van der Waals surface area contributed by atoms with Crippen LogP contribution in [0.25, 0.3) is 10.9 Å². The highest BCUT2D eigenvalue weighted by Gasteiger charge is 2.07. The molecule has 1 heterocycles. The Labute approximate surface area is 105 Å². The second kappa shape index (κ2) is 4.60. The number of fused-ring (bicyclic) bond motifs is 1. The summed E-state index contributed by atoms with van der Waals surface area (Å²) in [6.07, 6.45) is 2.01. The summed E-state index contributed by atoms with van der Waals surface area (Å²) in [5.41, 5.74) is 3.10. The largest absolute Gasteiger partial charge is 0.236 e. The molecule has 0 aliphatic rings. The maximum Gasteiger partial charge on any atom is 0.132 e. The molecule has 0 bridgehead atoms. The third kappa shape index (κ3) is 2.16. The van der Waals surface area contributed by atoms with Crippen LogP contribution >= 0.6 is 23.2 Å². The summed E-state index contributed by atoms with van der Waals surface area (Å²) in [6, 6.07) is 5.94. The summed E-state index contributed by atoms with van der Waals surface area (Å²) >= 11 is 12.2. The predicted octanol–water partition coefficient (Wildman–Crippen LogP) is 4.80. The van der Waals surface area contributed by atoms with Crippen LogP contribution in [0.3, 0.4) is 0 Å². The third-order valence-electron chi connectivity index (χ3n) is 2.62. The molecule has 0 spiro atoms. The highest BCUT2D eigenvalue weighted by molar-refractivity contribution is 6.32. The van der Waals surface area contributed by atoms with Crippen molar-refractivity contribution in [1.29, 1.82) is 0 Å². The van der Waals surface area contributed by atoms with Crippen molar-refractivity contribution in [3.63, 3.8) is 0 Å². The Kier molecular flexibility index (Phi) is 3.36. The zero-order chi connectivity index (χ0) is 11.7. The van der Waals surface area contributed by atoms with Gasteiger partial charge in [-0.2, -0.15) is 0 Å². The van der Waals surface area contributed by atoms with Crippen LogP contribution in [0.15, 0.2) is 18.2 Å². The maximum atomic E-state index is 6.15. The smallest absolute Gasteiger partial charge is 0.132 e. The molecule has 16 heavy (non-hydrogen) atoms. The average molecular weight is 254 g/mol. The van der Waals surface area contributed by atoms with Crippen molar-refractivity contribution in [2.75, 3.05) is 0 Å². The van der Waals surface area contributed by atoms with E-state index in [1.807, 2.05) is 19.1 Å². The Morgan fingerprint density at radius 3 is 2.62 bits per heavy atom. The van der Waals surface area contributed by atoms with Crippen LogP contribution in [0.5, 0.6) is 0 Å². The minimum atomic E-state index is 0.611. The second-order valence-corrected chi connectivity index (χ2v) is 4.78. The summed E-state index contributed by atoms with van der Waals surface area (Å²) in [5.74, 6) is 0. The fourth-order valence-electron chi connectivity index (χ4n) is 1.89. The van der Waals surface area contributed by atoms with Crippen molar-refractivity contribution in [3.05, 3.63) is 39.5 Å². The fourth-order valence-corrected chi connectivity index (χ4v) is 2.40. The van der Waals surface area contributed by atoms with Gasteiger partial charge < -0.3 is 0 Å². The van der Waals surface area contributed by atoms with Crippen LogP contribution < -0.4 is 0 Å². The normalized spacial score (nSPS) is 11.0. The first-order chi connectivity index (χ1) is 7.61. The van der Waals surface area contributed by atoms with Crippen molar-refractivity contribution in [3.8, 4) is 0 Å². The van der Waals surface area contributed by atoms with E-state index >= 15 is 0 Å². The number of pyridine rings is 1. The number of hydrogen-bond donors (Lipinski definition) is 0. The lowest BCUT2D eigenvalue weighted by Gasteiger charge is -2.07. The van der Waals surface area contributed by atoms with E-state index < -0.39 is 0 Å². The molecule has 2 aromatic rings. The lowest BCUT2D eigenvalue weighted by atomic mass is 10.1. The lowest BCUT2D eigenvalue weighted by Crippen LogP contribution is -1.92. The molecule has 0 fully saturated rings. The molecular weight excluding hydrogens is 241 g/mol. The van der Waals surface area contributed by atoms with E-state index in [2.05, 4.69) is 18.0 Å². The summed E-state index contributed by atoms with van der Waals surface area (Å²) in [4.78, 5) is 4.44. The summed E-state index contributed by atoms with van der Waals surface area (Å²) in [6.45, 7) is 4.13. The van der Waals surface area contributed by atoms with E-state index in [1.54, 1.807) is 0 Å². The fraction of sp³-hybridized carbons (Fsp3) is 0.308. The van der Waals surface area contributed by atoms with Crippen molar-refractivity contribution in [1.82, 2.24) is 4.98 Å². The number of halogens is 2. The van der Waals surface area contributed by atoms with Gasteiger partial charge in [0.2, 0.25) is 0 Å². The lowest BCUT2D eigenvalue weighted by molar-refractivity contribution is 0.917. The third-order valence-corrected chi connectivity index (χ3v) is 3.16. The zero-order valence-electron chi connectivity index (χ0n) is 9.35. The number of hydrogen-bond acceptors (Lipinski definition) is 1. The van der Waals surface area contributed by atoms with Crippen LogP contribution in [0.2, 0.25) is 10.2 Å². The molecule has 2 rings (SSSR count). The van der Waals surface area contributed by atoms with Gasteiger partial charge in [-0.3, -0.25) is 0 Å². The molecule has 1 aromatic heterocycles. The number of nitrogens with zero attached hydrogens (tertiary/aromatic N) is 1. The van der Waals surface area contributed by atoms with Gasteiger partial charge in [-0.05, 0) is 42.7 Å². The predicted molar refractivity (Wildman–Crippen MR) is 70.5 cm³/mol. The number of aryl methyl sites for hydroxylation is 2. The van der Waals surface area contributed by atoms with Crippen LogP contribution in [-0.4, -0.2) is 4.98 Å². The Hall–Kier alpha value is -0.790. The minimum absolute atomic E-state index is 0.611. The molecule has 0 unspecified atom stereocenters. The van der Waals surface area contributed by atoms with Gasteiger partial charge in [-0.1, -0.05) is 36.5 Å². The minimum Gasteiger partial charge on any atom is -0.236 e. The Morgan fingerprint density at radius 1 is 1.19 bits per heavy atom. The first-order valence-corrected chi connectivity index (χ1v) is 6.12. The molecule has 3 heteroatoms. The monoisotopic (exact) mass is 253 g/mol. The quantitative estimate of drug-likeness (QED) is 0.701. The summed E-state index contributed by atoms with van der Waals surface area (Å²) < 4.78 is 0. The molecule has 1 nitrogen and oxygen atoms in total. The molecule has 0 saturated carbocycles. The van der Waals surface area contributed by atoms with Crippen LogP contribution in [0.4, 0.5) is 0 Å². The van der Waals surface area contributed by atoms with Gasteiger partial charge in [-0.15, -0.1) is 0 Å². The molecule has 0 atom stereocenters. The molecule has 0 N–H and O–H groups in total. The molecule has 0 amide bonds. The zero-order valence-corrected chi connectivity index (χ0v) is 10.9. The SMILES string of the molecule is CCCc1cc2cc(Cl)cc(C)c2nc1Cl. The molecule has 0 aliphatic heterocycles. The highest BCUT2D eigenvalue weighted by Crippen LogP contribution is 2.26. The van der Waals surface area contributed by atoms with Gasteiger partial charge in [0.05, 0.1) is 5.52 Å². The molecule has 0 radical (unpaired) electrons. The van der Waals surface area contributed by atoms with E-state index in [0.717, 1.165) is 39.9 Å². The van der Waals surface area contributed by atoms with E-state index in [0.29, 0.717) is 5.15 Å². The van der Waals surface area contributed by atoms with Gasteiger partial charge in [0.25, 0.3) is 0 Å². The maximum absolute atomic E-state index is 6.15. The second-order valence-electron chi connectivity index (χ2n) is 3.98. The van der Waals surface area contributed by atoms with Crippen LogP contribution in [0.1, 0.15) is 24.5 Å². The first-order valence-electron chi connectivity index (χ1n) is 5.37. The van der Waals surface area contributed by atoms with Crippen LogP contribution in [0, 0.1) is 6.92 Å². The van der Waals surface area contributed by atoms with Gasteiger partial charge in [-0.25, -0.2) is 4.98 Å². The topological polar surface area (TPSA) is 12.9 Å². The Bertz CT molecular complexity index is 535. The Balaban J connectivity index is 2.69. The van der Waals surface area contributed by atoms with Crippen LogP contribution in [-0.2, 0) is 6.42 Å². The molecular formula is C13H13Cl2N. The highest BCUT2D eigenvalue weighted by atomic mass is 35.5. The van der Waals surface area contributed by atoms with Crippen molar-refractivity contribution < 1.29 is 0 Å². The van der Waals surface area contributed by atoms with E-state index in [9.17, 15) is 0 Å². The molecule has 1 aromatic carbocycles.